The van der Waals surface area contributed by atoms with Crippen LogP contribution < -0.4 is 21.0 Å². The summed E-state index contributed by atoms with van der Waals surface area (Å²) in [5, 5.41) is 9.69. The molecule has 0 bridgehead atoms. The van der Waals surface area contributed by atoms with Crippen molar-refractivity contribution in [3.05, 3.63) is 96.6 Å². The summed E-state index contributed by atoms with van der Waals surface area (Å²) in [7, 11) is -2.71. The first-order valence-corrected chi connectivity index (χ1v) is 15.6. The Bertz CT molecular complexity index is 1130. The van der Waals surface area contributed by atoms with Crippen LogP contribution in [0.15, 0.2) is 91.0 Å². The number of thiocarbonyl (C=S) groups is 1. The van der Waals surface area contributed by atoms with Gasteiger partial charge < -0.3 is 24.5 Å². The van der Waals surface area contributed by atoms with Crippen molar-refractivity contribution in [2.75, 3.05) is 13.2 Å². The maximum absolute atomic E-state index is 7.19. The highest BCUT2D eigenvalue weighted by Crippen LogP contribution is 2.37. The molecule has 2 atom stereocenters. The molecule has 38 heavy (non-hydrogen) atoms. The van der Waals surface area contributed by atoms with Crippen LogP contribution in [0.1, 0.15) is 40.2 Å². The fourth-order valence-electron chi connectivity index (χ4n) is 5.13. The van der Waals surface area contributed by atoms with Crippen molar-refractivity contribution in [3.63, 3.8) is 0 Å². The van der Waals surface area contributed by atoms with Crippen LogP contribution in [0.3, 0.4) is 0 Å². The predicted octanol–water partition coefficient (Wildman–Crippen LogP) is 4.75. The lowest BCUT2D eigenvalue weighted by Crippen LogP contribution is -2.68. The second-order valence-electron chi connectivity index (χ2n) is 11.3. The van der Waals surface area contributed by atoms with Crippen LogP contribution in [-0.4, -0.2) is 44.6 Å². The van der Waals surface area contributed by atoms with E-state index in [2.05, 4.69) is 104 Å². The highest BCUT2D eigenvalue weighted by atomic mass is 32.1. The second-order valence-corrected chi connectivity index (χ2v) is 16.0. The van der Waals surface area contributed by atoms with Crippen LogP contribution in [0, 0.1) is 0 Å². The van der Waals surface area contributed by atoms with Crippen LogP contribution >= 0.6 is 12.2 Å². The number of hydrogen-bond donors (Lipinski definition) is 2. The van der Waals surface area contributed by atoms with Gasteiger partial charge in [0.25, 0.3) is 8.32 Å². The summed E-state index contributed by atoms with van der Waals surface area (Å²) in [6.45, 7) is 12.3. The van der Waals surface area contributed by atoms with E-state index >= 15 is 0 Å². The predicted molar refractivity (Wildman–Crippen MR) is 161 cm³/mol. The van der Waals surface area contributed by atoms with Crippen molar-refractivity contribution in [1.82, 2.24) is 10.6 Å². The number of rotatable bonds is 8. The van der Waals surface area contributed by atoms with E-state index in [4.69, 9.17) is 26.1 Å². The molecule has 1 saturated heterocycles. The Balaban J connectivity index is 1.57. The van der Waals surface area contributed by atoms with Crippen LogP contribution in [0.25, 0.3) is 0 Å². The van der Waals surface area contributed by atoms with Crippen molar-refractivity contribution < 1.29 is 13.9 Å². The topological polar surface area (TPSA) is 51.8 Å². The third-order valence-corrected chi connectivity index (χ3v) is 12.3. The van der Waals surface area contributed by atoms with Crippen LogP contribution in [0.4, 0.5) is 0 Å². The van der Waals surface area contributed by atoms with Crippen LogP contribution in [0.5, 0.6) is 0 Å². The van der Waals surface area contributed by atoms with E-state index < -0.39 is 14.1 Å². The maximum atomic E-state index is 7.19. The third kappa shape index (κ3) is 6.71. The minimum Gasteiger partial charge on any atom is -0.405 e. The standard InChI is InChI=1S/C31H40N2O3SSi/c1-30(2,3)38(25-17-11-7-12-18-25,26-19-13-8-14-20-26)35-23-28-27(22-34-31(4,5)36-28)33-29(37)32-21-24-15-9-6-10-16-24/h6-20,27-28H,21-23H2,1-5H3,(H2,32,33,37)/t27-,28+/m1/s1. The second kappa shape index (κ2) is 12.1. The Morgan fingerprint density at radius 2 is 1.45 bits per heavy atom. The van der Waals surface area contributed by atoms with E-state index in [9.17, 15) is 0 Å². The molecule has 0 amide bonds. The average Bonchev–Trinajstić information content (AvgIpc) is 2.90. The quantitative estimate of drug-likeness (QED) is 0.313. The zero-order valence-corrected chi connectivity index (χ0v) is 24.9. The summed E-state index contributed by atoms with van der Waals surface area (Å²) in [6, 6.07) is 31.4. The van der Waals surface area contributed by atoms with Crippen molar-refractivity contribution in [3.8, 4) is 0 Å². The van der Waals surface area contributed by atoms with Gasteiger partial charge in [-0.05, 0) is 47.0 Å². The van der Waals surface area contributed by atoms with Gasteiger partial charge >= 0.3 is 0 Å². The minimum atomic E-state index is -2.71. The normalized spacial score (nSPS) is 19.5. The van der Waals surface area contributed by atoms with Crippen LogP contribution in [-0.2, 0) is 20.4 Å². The summed E-state index contributed by atoms with van der Waals surface area (Å²) in [5.41, 5.74) is 1.17. The molecule has 0 saturated carbocycles. The van der Waals surface area contributed by atoms with Crippen LogP contribution in [0.2, 0.25) is 5.04 Å². The first-order valence-electron chi connectivity index (χ1n) is 13.3. The van der Waals surface area contributed by atoms with Crippen molar-refractivity contribution in [2.45, 2.75) is 64.1 Å². The summed E-state index contributed by atoms with van der Waals surface area (Å²) >= 11 is 5.65. The Morgan fingerprint density at radius 1 is 0.921 bits per heavy atom. The lowest BCUT2D eigenvalue weighted by Gasteiger charge is -2.46. The van der Waals surface area contributed by atoms with Gasteiger partial charge in [-0.25, -0.2) is 0 Å². The summed E-state index contributed by atoms with van der Waals surface area (Å²) < 4.78 is 19.7. The largest absolute Gasteiger partial charge is 0.405 e. The smallest absolute Gasteiger partial charge is 0.261 e. The lowest BCUT2D eigenvalue weighted by atomic mass is 10.1. The highest BCUT2D eigenvalue weighted by molar-refractivity contribution is 7.80. The molecule has 7 heteroatoms. The molecular formula is C31H40N2O3SSi. The molecule has 202 valence electrons. The monoisotopic (exact) mass is 548 g/mol. The maximum Gasteiger partial charge on any atom is 0.261 e. The Labute approximate surface area is 234 Å². The third-order valence-electron chi connectivity index (χ3n) is 6.99. The van der Waals surface area contributed by atoms with Gasteiger partial charge in [0.15, 0.2) is 10.9 Å². The van der Waals surface area contributed by atoms with Gasteiger partial charge in [0.2, 0.25) is 0 Å². The van der Waals surface area contributed by atoms with Gasteiger partial charge in [-0.3, -0.25) is 0 Å². The molecule has 3 aromatic carbocycles. The molecule has 0 unspecified atom stereocenters. The van der Waals surface area contributed by atoms with E-state index in [0.29, 0.717) is 24.9 Å². The molecule has 1 fully saturated rings. The molecule has 4 rings (SSSR count). The van der Waals surface area contributed by atoms with Gasteiger partial charge in [-0.15, -0.1) is 0 Å². The molecular weight excluding hydrogens is 509 g/mol. The molecule has 0 radical (unpaired) electrons. The molecule has 1 aliphatic heterocycles. The Morgan fingerprint density at radius 3 is 1.97 bits per heavy atom. The number of nitrogens with one attached hydrogen (secondary N) is 2. The number of hydrogen-bond acceptors (Lipinski definition) is 4. The zero-order valence-electron chi connectivity index (χ0n) is 23.1. The van der Waals surface area contributed by atoms with E-state index in [1.54, 1.807) is 0 Å². The lowest BCUT2D eigenvalue weighted by molar-refractivity contribution is -0.285. The zero-order chi connectivity index (χ0) is 27.2. The van der Waals surface area contributed by atoms with Gasteiger partial charge in [0.1, 0.15) is 6.10 Å². The summed E-state index contributed by atoms with van der Waals surface area (Å²) in [4.78, 5) is 0. The van der Waals surface area contributed by atoms with Gasteiger partial charge in [-0.2, -0.15) is 0 Å². The van der Waals surface area contributed by atoms with Gasteiger partial charge in [0.05, 0.1) is 19.3 Å². The highest BCUT2D eigenvalue weighted by Gasteiger charge is 2.51. The molecule has 1 heterocycles. The minimum absolute atomic E-state index is 0.119. The number of benzene rings is 3. The van der Waals surface area contributed by atoms with Crippen molar-refractivity contribution in [1.29, 1.82) is 0 Å². The summed E-state index contributed by atoms with van der Waals surface area (Å²) in [6.07, 6.45) is -0.253. The number of ether oxygens (including phenoxy) is 2. The molecule has 2 N–H and O–H groups in total. The van der Waals surface area contributed by atoms with E-state index in [1.807, 2.05) is 32.0 Å². The summed E-state index contributed by atoms with van der Waals surface area (Å²) in [5.74, 6) is -0.712. The van der Waals surface area contributed by atoms with E-state index in [1.165, 1.54) is 15.9 Å². The molecule has 5 nitrogen and oxygen atoms in total. The molecule has 0 aromatic heterocycles. The Kier molecular flexibility index (Phi) is 9.06. The van der Waals surface area contributed by atoms with E-state index in [-0.39, 0.29) is 17.2 Å². The molecule has 3 aromatic rings. The fraction of sp³-hybridized carbons (Fsp3) is 0.387. The first-order chi connectivity index (χ1) is 18.1. The molecule has 0 aliphatic carbocycles. The Hall–Kier alpha value is -2.55. The average molecular weight is 549 g/mol. The first kappa shape index (κ1) is 28.5. The van der Waals surface area contributed by atoms with E-state index in [0.717, 1.165) is 0 Å². The van der Waals surface area contributed by atoms with Gasteiger partial charge in [-0.1, -0.05) is 112 Å². The van der Waals surface area contributed by atoms with Crippen molar-refractivity contribution >= 4 is 36.0 Å². The molecule has 1 aliphatic rings. The van der Waals surface area contributed by atoms with Crippen molar-refractivity contribution in [2.24, 2.45) is 0 Å². The molecule has 0 spiro atoms. The van der Waals surface area contributed by atoms with Gasteiger partial charge in [0, 0.05) is 6.54 Å². The SMILES string of the molecule is CC1(C)OC[C@@H](NC(=S)NCc2ccccc2)[C@H](CO[Si](c2ccccc2)(c2ccccc2)C(C)(C)C)O1. The fourth-order valence-corrected chi connectivity index (χ4v) is 9.92.